The SMILES string of the molecule is NC(=O)c1ccn(NCCc2cccc(NC(=O)Nc3cc(C(F)(F)F)ccc3F)c2)n1.O=C(O)C(F)(F)F. The number of nitrogens with one attached hydrogen (secondary N) is 3. The minimum atomic E-state index is -5.08. The molecular formula is C22H19F7N6O4. The number of hydrogen-bond donors (Lipinski definition) is 5. The summed E-state index contributed by atoms with van der Waals surface area (Å²) in [5.41, 5.74) is 7.72. The predicted octanol–water partition coefficient (Wildman–Crippen LogP) is 4.20. The molecule has 0 spiro atoms. The molecule has 210 valence electrons. The number of halogens is 7. The minimum Gasteiger partial charge on any atom is -0.475 e. The first kappa shape index (κ1) is 30.4. The van der Waals surface area contributed by atoms with Gasteiger partial charge in [0.1, 0.15) is 5.82 Å². The Morgan fingerprint density at radius 1 is 0.974 bits per heavy atom. The van der Waals surface area contributed by atoms with Crippen LogP contribution in [0.1, 0.15) is 21.6 Å². The van der Waals surface area contributed by atoms with Gasteiger partial charge in [-0.2, -0.15) is 31.1 Å². The number of rotatable bonds is 7. The van der Waals surface area contributed by atoms with Crippen LogP contribution in [0.3, 0.4) is 0 Å². The zero-order valence-corrected chi connectivity index (χ0v) is 19.4. The fraction of sp³-hybridized carbons (Fsp3) is 0.182. The van der Waals surface area contributed by atoms with E-state index in [4.69, 9.17) is 15.6 Å². The van der Waals surface area contributed by atoms with Crippen LogP contribution >= 0.6 is 0 Å². The van der Waals surface area contributed by atoms with Crippen LogP contribution in [0.4, 0.5) is 46.9 Å². The Hall–Kier alpha value is -4.83. The van der Waals surface area contributed by atoms with Gasteiger partial charge in [0.25, 0.3) is 5.91 Å². The highest BCUT2D eigenvalue weighted by atomic mass is 19.4. The van der Waals surface area contributed by atoms with Crippen molar-refractivity contribution in [3.63, 3.8) is 0 Å². The zero-order chi connectivity index (χ0) is 29.4. The summed E-state index contributed by atoms with van der Waals surface area (Å²) in [6.45, 7) is 0.435. The Labute approximate surface area is 214 Å². The van der Waals surface area contributed by atoms with Gasteiger partial charge in [0, 0.05) is 18.4 Å². The molecule has 3 amide bonds. The van der Waals surface area contributed by atoms with E-state index in [0.29, 0.717) is 36.9 Å². The number of aliphatic carboxylic acids is 1. The summed E-state index contributed by atoms with van der Waals surface area (Å²) < 4.78 is 83.9. The van der Waals surface area contributed by atoms with Crippen molar-refractivity contribution in [2.24, 2.45) is 5.73 Å². The van der Waals surface area contributed by atoms with Gasteiger partial charge in [-0.15, -0.1) is 5.10 Å². The Morgan fingerprint density at radius 2 is 1.64 bits per heavy atom. The second-order valence-corrected chi connectivity index (χ2v) is 7.44. The van der Waals surface area contributed by atoms with Crippen molar-refractivity contribution in [2.45, 2.75) is 18.8 Å². The molecule has 0 saturated carbocycles. The standard InChI is InChI=1S/C20H18F4N6O2.C2HF3O2/c21-15-5-4-13(20(22,23)24)11-17(15)28-19(32)27-14-3-1-2-12(10-14)6-8-26-30-9-7-16(29-30)18(25)31;3-2(4,5)1(6)7/h1-5,7,9-11,26H,6,8H2,(H2,25,31)(H2,27,28,32);(H,6,7). The number of hydrogen-bond acceptors (Lipinski definition) is 5. The number of carbonyl (C=O) groups is 3. The third kappa shape index (κ3) is 9.86. The highest BCUT2D eigenvalue weighted by Gasteiger charge is 2.38. The maximum atomic E-state index is 13.8. The number of anilines is 2. The number of alkyl halides is 6. The van der Waals surface area contributed by atoms with Crippen molar-refractivity contribution in [3.05, 3.63) is 77.4 Å². The van der Waals surface area contributed by atoms with Gasteiger partial charge in [-0.1, -0.05) is 12.1 Å². The largest absolute Gasteiger partial charge is 0.490 e. The normalized spacial score (nSPS) is 11.2. The summed E-state index contributed by atoms with van der Waals surface area (Å²) in [7, 11) is 0. The molecule has 0 aliphatic heterocycles. The van der Waals surface area contributed by atoms with Gasteiger partial charge in [0.15, 0.2) is 5.69 Å². The van der Waals surface area contributed by atoms with Gasteiger partial charge in [0.2, 0.25) is 0 Å². The van der Waals surface area contributed by atoms with E-state index in [9.17, 15) is 40.3 Å². The molecule has 0 atom stereocenters. The van der Waals surface area contributed by atoms with Gasteiger partial charge in [-0.05, 0) is 48.4 Å². The summed E-state index contributed by atoms with van der Waals surface area (Å²) >= 11 is 0. The molecule has 3 aromatic rings. The second-order valence-electron chi connectivity index (χ2n) is 7.44. The minimum absolute atomic E-state index is 0.118. The number of primary amides is 1. The summed E-state index contributed by atoms with van der Waals surface area (Å²) in [5, 5.41) is 15.6. The van der Waals surface area contributed by atoms with Crippen molar-refractivity contribution in [2.75, 3.05) is 22.6 Å². The number of carbonyl (C=O) groups excluding carboxylic acids is 2. The van der Waals surface area contributed by atoms with Crippen LogP contribution in [0.5, 0.6) is 0 Å². The maximum Gasteiger partial charge on any atom is 0.490 e. The molecule has 0 saturated heterocycles. The Kier molecular flexibility index (Phi) is 9.83. The number of nitrogens with zero attached hydrogens (tertiary/aromatic N) is 2. The number of carboxylic acid groups (broad SMARTS) is 1. The van der Waals surface area contributed by atoms with Crippen molar-refractivity contribution in [3.8, 4) is 0 Å². The fourth-order valence-electron chi connectivity index (χ4n) is 2.74. The summed E-state index contributed by atoms with van der Waals surface area (Å²) in [4.78, 5) is 33.4. The van der Waals surface area contributed by atoms with Gasteiger partial charge in [-0.25, -0.2) is 14.0 Å². The fourth-order valence-corrected chi connectivity index (χ4v) is 2.74. The van der Waals surface area contributed by atoms with E-state index in [1.807, 2.05) is 0 Å². The smallest absolute Gasteiger partial charge is 0.475 e. The van der Waals surface area contributed by atoms with Crippen LogP contribution < -0.4 is 21.8 Å². The molecule has 3 rings (SSSR count). The lowest BCUT2D eigenvalue weighted by Crippen LogP contribution is -2.21. The van der Waals surface area contributed by atoms with Crippen LogP contribution in [0.25, 0.3) is 0 Å². The summed E-state index contributed by atoms with van der Waals surface area (Å²) in [6.07, 6.45) is -7.69. The molecule has 1 heterocycles. The number of urea groups is 1. The average molecular weight is 564 g/mol. The van der Waals surface area contributed by atoms with E-state index >= 15 is 0 Å². The first-order chi connectivity index (χ1) is 18.1. The molecule has 0 unspecified atom stereocenters. The van der Waals surface area contributed by atoms with E-state index in [1.54, 1.807) is 24.3 Å². The molecule has 0 radical (unpaired) electrons. The lowest BCUT2D eigenvalue weighted by atomic mass is 10.1. The number of benzene rings is 2. The summed E-state index contributed by atoms with van der Waals surface area (Å²) in [6, 6.07) is 9.03. The Balaban J connectivity index is 0.000000673. The van der Waals surface area contributed by atoms with Gasteiger partial charge in [0.05, 0.1) is 11.3 Å². The van der Waals surface area contributed by atoms with Crippen LogP contribution in [0.15, 0.2) is 54.7 Å². The lowest BCUT2D eigenvalue weighted by molar-refractivity contribution is -0.192. The van der Waals surface area contributed by atoms with Gasteiger partial charge < -0.3 is 26.9 Å². The first-order valence-electron chi connectivity index (χ1n) is 10.5. The quantitative estimate of drug-likeness (QED) is 0.271. The van der Waals surface area contributed by atoms with Gasteiger partial charge in [-0.3, -0.25) is 4.79 Å². The molecule has 0 fully saturated rings. The molecule has 17 heteroatoms. The topological polar surface area (TPSA) is 151 Å². The number of amides is 3. The van der Waals surface area contributed by atoms with Crippen LogP contribution in [-0.4, -0.2) is 45.6 Å². The number of aromatic nitrogens is 2. The highest BCUT2D eigenvalue weighted by molar-refractivity contribution is 5.99. The van der Waals surface area contributed by atoms with Crippen LogP contribution in [-0.2, 0) is 17.4 Å². The Morgan fingerprint density at radius 3 is 2.21 bits per heavy atom. The predicted molar refractivity (Wildman–Crippen MR) is 123 cm³/mol. The van der Waals surface area contributed by atoms with Crippen molar-refractivity contribution in [1.82, 2.24) is 9.89 Å². The van der Waals surface area contributed by atoms with E-state index in [-0.39, 0.29) is 5.69 Å². The third-order valence-electron chi connectivity index (χ3n) is 4.50. The van der Waals surface area contributed by atoms with Crippen LogP contribution in [0, 0.1) is 5.82 Å². The van der Waals surface area contributed by atoms with E-state index in [1.165, 1.54) is 17.1 Å². The Bertz CT molecular complexity index is 1320. The lowest BCUT2D eigenvalue weighted by Gasteiger charge is -2.12. The van der Waals surface area contributed by atoms with E-state index in [2.05, 4.69) is 21.2 Å². The molecule has 0 aliphatic rings. The van der Waals surface area contributed by atoms with E-state index in [0.717, 1.165) is 5.56 Å². The number of carboxylic acids is 1. The second kappa shape index (κ2) is 12.6. The number of nitrogens with two attached hydrogens (primary N) is 1. The monoisotopic (exact) mass is 564 g/mol. The average Bonchev–Trinajstić information content (AvgIpc) is 3.29. The molecule has 39 heavy (non-hydrogen) atoms. The summed E-state index contributed by atoms with van der Waals surface area (Å²) in [5.74, 6) is -4.40. The molecule has 10 nitrogen and oxygen atoms in total. The van der Waals surface area contributed by atoms with Crippen molar-refractivity contribution >= 4 is 29.3 Å². The molecule has 6 N–H and O–H groups in total. The molecule has 0 aliphatic carbocycles. The third-order valence-corrected chi connectivity index (χ3v) is 4.50. The van der Waals surface area contributed by atoms with Crippen molar-refractivity contribution in [1.29, 1.82) is 0 Å². The zero-order valence-electron chi connectivity index (χ0n) is 19.4. The molecule has 0 bridgehead atoms. The highest BCUT2D eigenvalue weighted by Crippen LogP contribution is 2.31. The molecule has 2 aromatic carbocycles. The first-order valence-corrected chi connectivity index (χ1v) is 10.5. The van der Waals surface area contributed by atoms with Crippen LogP contribution in [0.2, 0.25) is 0 Å². The van der Waals surface area contributed by atoms with Crippen molar-refractivity contribution < 1.29 is 50.2 Å². The van der Waals surface area contributed by atoms with Gasteiger partial charge >= 0.3 is 24.4 Å². The maximum absolute atomic E-state index is 13.8. The molecule has 1 aromatic heterocycles. The van der Waals surface area contributed by atoms with E-state index < -0.39 is 47.3 Å². The molecular weight excluding hydrogens is 545 g/mol.